The van der Waals surface area contributed by atoms with Crippen LogP contribution in [0.4, 0.5) is 29.5 Å². The molecule has 10 heteroatoms. The molecule has 0 bridgehead atoms. The topological polar surface area (TPSA) is 84.1 Å². The van der Waals surface area contributed by atoms with E-state index in [0.29, 0.717) is 30.0 Å². The summed E-state index contributed by atoms with van der Waals surface area (Å²) < 4.78 is 37.8. The molecule has 32 heavy (non-hydrogen) atoms. The van der Waals surface area contributed by atoms with Crippen molar-refractivity contribution >= 4 is 39.1 Å². The third-order valence-corrected chi connectivity index (χ3v) is 6.20. The minimum atomic E-state index is -4.22. The summed E-state index contributed by atoms with van der Waals surface area (Å²) in [5, 5.41) is 5.35. The van der Waals surface area contributed by atoms with Crippen LogP contribution in [0.25, 0.3) is 10.2 Å². The second kappa shape index (κ2) is 8.67. The number of nitrogens with one attached hydrogen (secondary N) is 1. The van der Waals surface area contributed by atoms with Crippen LogP contribution in [-0.2, 0) is 0 Å². The Labute approximate surface area is 186 Å². The number of likely N-dealkylation sites (tertiary alicyclic amines) is 1. The van der Waals surface area contributed by atoms with E-state index in [2.05, 4.69) is 27.1 Å². The number of nitrogens with two attached hydrogens (primary N) is 1. The van der Waals surface area contributed by atoms with Crippen LogP contribution >= 0.6 is 11.3 Å². The molecule has 1 atom stereocenters. The van der Waals surface area contributed by atoms with Crippen molar-refractivity contribution < 1.29 is 18.0 Å². The molecule has 1 fully saturated rings. The number of carbonyl (C=O) groups is 1. The third-order valence-electron chi connectivity index (χ3n) is 5.31. The molecule has 1 aliphatic rings. The summed E-state index contributed by atoms with van der Waals surface area (Å²) in [5.41, 5.74) is 8.85. The lowest BCUT2D eigenvalue weighted by molar-refractivity contribution is -0.143. The average Bonchev–Trinajstić information content (AvgIpc) is 3.35. The lowest BCUT2D eigenvalue weighted by atomic mass is 10.1. The van der Waals surface area contributed by atoms with Gasteiger partial charge in [0, 0.05) is 41.7 Å². The molecule has 6 nitrogen and oxygen atoms in total. The Kier molecular flexibility index (Phi) is 5.93. The van der Waals surface area contributed by atoms with Crippen molar-refractivity contribution in [1.29, 1.82) is 0 Å². The highest BCUT2D eigenvalue weighted by Gasteiger charge is 2.36. The summed E-state index contributed by atoms with van der Waals surface area (Å²) in [5.74, 6) is 6.02. The van der Waals surface area contributed by atoms with Crippen LogP contribution in [0.1, 0.15) is 29.5 Å². The number of hydrogen-bond donors (Lipinski definition) is 2. The first-order valence-corrected chi connectivity index (χ1v) is 10.8. The number of nitrogen functional groups attached to an aromatic ring is 1. The van der Waals surface area contributed by atoms with E-state index in [1.807, 2.05) is 18.4 Å². The van der Waals surface area contributed by atoms with Crippen LogP contribution in [0.15, 0.2) is 29.9 Å². The standard InChI is InChI=1S/C22H20F3N5OS/c1-13-2-5-17(29-21(31)30-7-6-14(10-30)9-22(23,24)25)8-15(13)3-4-16-11-32-20-18(16)19(26)27-12-28-20/h2,5,8,11-12,14H,6-7,9-10H2,1H3,(H,29,31)(H2,26,27,28). The summed E-state index contributed by atoms with van der Waals surface area (Å²) in [7, 11) is 0. The minimum absolute atomic E-state index is 0.0958. The minimum Gasteiger partial charge on any atom is -0.383 e. The zero-order valence-electron chi connectivity index (χ0n) is 17.2. The summed E-state index contributed by atoms with van der Waals surface area (Å²) in [4.78, 5) is 22.9. The lowest BCUT2D eigenvalue weighted by Crippen LogP contribution is -2.33. The van der Waals surface area contributed by atoms with Crippen LogP contribution in [0.5, 0.6) is 0 Å². The van der Waals surface area contributed by atoms with Gasteiger partial charge in [0.05, 0.1) is 5.39 Å². The molecule has 3 heterocycles. The Balaban J connectivity index is 1.48. The van der Waals surface area contributed by atoms with E-state index in [-0.39, 0.29) is 6.54 Å². The predicted molar refractivity (Wildman–Crippen MR) is 118 cm³/mol. The lowest BCUT2D eigenvalue weighted by Gasteiger charge is -2.18. The maximum absolute atomic E-state index is 12.6. The van der Waals surface area contributed by atoms with Crippen molar-refractivity contribution in [3.05, 3.63) is 46.6 Å². The Bertz CT molecular complexity index is 1230. The van der Waals surface area contributed by atoms with Crippen molar-refractivity contribution in [3.63, 3.8) is 0 Å². The van der Waals surface area contributed by atoms with Gasteiger partial charge in [0.15, 0.2) is 0 Å². The largest absolute Gasteiger partial charge is 0.389 e. The maximum Gasteiger partial charge on any atom is 0.389 e. The van der Waals surface area contributed by atoms with Gasteiger partial charge in [-0.15, -0.1) is 11.3 Å². The van der Waals surface area contributed by atoms with E-state index < -0.39 is 24.5 Å². The molecule has 1 unspecified atom stereocenters. The molecule has 1 saturated heterocycles. The molecule has 4 rings (SSSR count). The van der Waals surface area contributed by atoms with Gasteiger partial charge in [0.2, 0.25) is 0 Å². The SMILES string of the molecule is Cc1ccc(NC(=O)N2CCC(CC(F)(F)F)C2)cc1C#Cc1csc2ncnc(N)c12. The molecular weight excluding hydrogens is 439 g/mol. The zero-order valence-corrected chi connectivity index (χ0v) is 18.0. The number of fused-ring (bicyclic) bond motifs is 1. The van der Waals surface area contributed by atoms with Crippen molar-refractivity contribution in [2.24, 2.45) is 5.92 Å². The Morgan fingerprint density at radius 1 is 1.31 bits per heavy atom. The van der Waals surface area contributed by atoms with Gasteiger partial charge in [-0.25, -0.2) is 14.8 Å². The summed E-state index contributed by atoms with van der Waals surface area (Å²) in [6.45, 7) is 2.30. The van der Waals surface area contributed by atoms with Crippen LogP contribution < -0.4 is 11.1 Å². The van der Waals surface area contributed by atoms with Crippen LogP contribution in [0.2, 0.25) is 0 Å². The number of rotatable bonds is 2. The highest BCUT2D eigenvalue weighted by Crippen LogP contribution is 2.31. The molecule has 1 aromatic carbocycles. The van der Waals surface area contributed by atoms with Gasteiger partial charge in [0.25, 0.3) is 0 Å². The van der Waals surface area contributed by atoms with Crippen molar-refractivity contribution in [2.45, 2.75) is 25.9 Å². The molecular formula is C22H20F3N5OS. The number of benzene rings is 1. The molecule has 2 aromatic heterocycles. The van der Waals surface area contributed by atoms with Gasteiger partial charge in [-0.2, -0.15) is 13.2 Å². The molecule has 3 aromatic rings. The van der Waals surface area contributed by atoms with E-state index in [0.717, 1.165) is 21.3 Å². The summed E-state index contributed by atoms with van der Waals surface area (Å²) in [6.07, 6.45) is -3.33. The third kappa shape index (κ3) is 4.94. The van der Waals surface area contributed by atoms with Gasteiger partial charge in [-0.3, -0.25) is 0 Å². The number of anilines is 2. The van der Waals surface area contributed by atoms with E-state index >= 15 is 0 Å². The first-order chi connectivity index (χ1) is 15.2. The number of alkyl halides is 3. The van der Waals surface area contributed by atoms with E-state index in [4.69, 9.17) is 5.73 Å². The number of halogens is 3. The fourth-order valence-electron chi connectivity index (χ4n) is 3.67. The smallest absolute Gasteiger partial charge is 0.383 e. The molecule has 1 aliphatic heterocycles. The number of urea groups is 1. The molecule has 0 saturated carbocycles. The van der Waals surface area contributed by atoms with Crippen molar-refractivity contribution in [1.82, 2.24) is 14.9 Å². The summed E-state index contributed by atoms with van der Waals surface area (Å²) in [6, 6.07) is 4.91. The molecule has 0 aliphatic carbocycles. The first kappa shape index (κ1) is 21.9. The molecule has 3 N–H and O–H groups in total. The fourth-order valence-corrected chi connectivity index (χ4v) is 4.52. The van der Waals surface area contributed by atoms with Crippen molar-refractivity contribution in [2.75, 3.05) is 24.1 Å². The van der Waals surface area contributed by atoms with E-state index in [1.54, 1.807) is 12.1 Å². The van der Waals surface area contributed by atoms with Gasteiger partial charge in [-0.05, 0) is 37.0 Å². The van der Waals surface area contributed by atoms with Gasteiger partial charge < -0.3 is 16.0 Å². The first-order valence-electron chi connectivity index (χ1n) is 9.92. The Hall–Kier alpha value is -3.32. The molecule has 2 amide bonds. The number of carbonyl (C=O) groups excluding carboxylic acids is 1. The normalized spacial score (nSPS) is 16.1. The predicted octanol–water partition coefficient (Wildman–Crippen LogP) is 4.79. The second-order valence-corrected chi connectivity index (χ2v) is 8.58. The van der Waals surface area contributed by atoms with Gasteiger partial charge in [0.1, 0.15) is 17.0 Å². The summed E-state index contributed by atoms with van der Waals surface area (Å²) >= 11 is 1.43. The zero-order chi connectivity index (χ0) is 22.9. The van der Waals surface area contributed by atoms with E-state index in [9.17, 15) is 18.0 Å². The van der Waals surface area contributed by atoms with Crippen LogP contribution in [0, 0.1) is 24.7 Å². The number of thiophene rings is 1. The van der Waals surface area contributed by atoms with Gasteiger partial charge >= 0.3 is 12.2 Å². The Morgan fingerprint density at radius 3 is 2.88 bits per heavy atom. The van der Waals surface area contributed by atoms with Crippen molar-refractivity contribution in [3.8, 4) is 11.8 Å². The Morgan fingerprint density at radius 2 is 2.09 bits per heavy atom. The highest BCUT2D eigenvalue weighted by molar-refractivity contribution is 7.17. The van der Waals surface area contributed by atoms with E-state index in [1.165, 1.54) is 22.6 Å². The quantitative estimate of drug-likeness (QED) is 0.540. The van der Waals surface area contributed by atoms with Crippen LogP contribution in [-0.4, -0.2) is 40.2 Å². The number of hydrogen-bond acceptors (Lipinski definition) is 5. The monoisotopic (exact) mass is 459 g/mol. The maximum atomic E-state index is 12.6. The highest BCUT2D eigenvalue weighted by atomic mass is 32.1. The second-order valence-electron chi connectivity index (χ2n) is 7.72. The number of aromatic nitrogens is 2. The fraction of sp³-hybridized carbons (Fsp3) is 0.318. The number of nitrogens with zero attached hydrogens (tertiary/aromatic N) is 3. The number of amides is 2. The average molecular weight is 459 g/mol. The number of aryl methyl sites for hydroxylation is 1. The van der Waals surface area contributed by atoms with Gasteiger partial charge in [-0.1, -0.05) is 17.9 Å². The molecule has 0 radical (unpaired) electrons. The molecule has 0 spiro atoms. The van der Waals surface area contributed by atoms with Crippen LogP contribution in [0.3, 0.4) is 0 Å². The molecule has 166 valence electrons.